The van der Waals surface area contributed by atoms with E-state index in [1.807, 2.05) is 12.4 Å². The minimum atomic E-state index is 0.496. The van der Waals surface area contributed by atoms with Crippen molar-refractivity contribution in [1.82, 2.24) is 29.5 Å². The maximum absolute atomic E-state index is 5.80. The summed E-state index contributed by atoms with van der Waals surface area (Å²) in [6.07, 6.45) is 9.39. The number of hydrogen-bond acceptors (Lipinski definition) is 6. The van der Waals surface area contributed by atoms with Crippen LogP contribution in [0, 0.1) is 0 Å². The predicted octanol–water partition coefficient (Wildman–Crippen LogP) is 2.41. The van der Waals surface area contributed by atoms with Crippen molar-refractivity contribution in [3.63, 3.8) is 0 Å². The molecule has 1 aliphatic carbocycles. The summed E-state index contributed by atoms with van der Waals surface area (Å²) in [6, 6.07) is 1.21. The van der Waals surface area contributed by atoms with Crippen molar-refractivity contribution < 1.29 is 0 Å². The van der Waals surface area contributed by atoms with Crippen molar-refractivity contribution in [3.8, 4) is 0 Å². The second kappa shape index (κ2) is 7.27. The van der Waals surface area contributed by atoms with Crippen LogP contribution in [-0.2, 0) is 0 Å². The normalized spacial score (nSPS) is 24.9. The van der Waals surface area contributed by atoms with Crippen molar-refractivity contribution in [1.29, 1.82) is 0 Å². The molecule has 2 aliphatic rings. The third kappa shape index (κ3) is 3.78. The van der Waals surface area contributed by atoms with Crippen LogP contribution in [-0.4, -0.2) is 68.3 Å². The Kier molecular flexibility index (Phi) is 4.87. The summed E-state index contributed by atoms with van der Waals surface area (Å²) >= 11 is 5.80. The van der Waals surface area contributed by atoms with Gasteiger partial charge in [-0.3, -0.25) is 9.58 Å². The molecular formula is C17H24ClN7. The number of nitrogens with one attached hydrogen (secondary N) is 1. The standard InChI is InChI=1S/C17H24ClN7/c1-2-23-3-5-24(6-4-23)15-7-16(8-15)25-12-14(11-21-25)22-17-19-9-13(18)10-20-17/h9-12,15-16H,2-8H2,1H3,(H,19,20,22). The predicted molar refractivity (Wildman–Crippen MR) is 98.3 cm³/mol. The Labute approximate surface area is 153 Å². The van der Waals surface area contributed by atoms with Gasteiger partial charge in [-0.15, -0.1) is 0 Å². The quantitative estimate of drug-likeness (QED) is 0.882. The fraction of sp³-hybridized carbons (Fsp3) is 0.588. The number of hydrogen-bond donors (Lipinski definition) is 1. The zero-order chi connectivity index (χ0) is 17.2. The number of nitrogens with zero attached hydrogens (tertiary/aromatic N) is 6. The van der Waals surface area contributed by atoms with Gasteiger partial charge < -0.3 is 10.2 Å². The van der Waals surface area contributed by atoms with Crippen LogP contribution in [0.1, 0.15) is 25.8 Å². The third-order valence-electron chi connectivity index (χ3n) is 5.31. The Hall–Kier alpha value is -1.70. The number of halogens is 1. The topological polar surface area (TPSA) is 62.1 Å². The average Bonchev–Trinajstić information content (AvgIpc) is 3.04. The highest BCUT2D eigenvalue weighted by molar-refractivity contribution is 6.30. The molecule has 1 N–H and O–H groups in total. The monoisotopic (exact) mass is 361 g/mol. The van der Waals surface area contributed by atoms with Gasteiger partial charge in [0.2, 0.25) is 5.95 Å². The molecule has 2 aromatic heterocycles. The first kappa shape index (κ1) is 16.8. The van der Waals surface area contributed by atoms with E-state index in [0.717, 1.165) is 5.69 Å². The SMILES string of the molecule is CCN1CCN(C2CC(n3cc(Nc4ncc(Cl)cn4)cn3)C2)CC1. The first-order valence-corrected chi connectivity index (χ1v) is 9.34. The van der Waals surface area contributed by atoms with Gasteiger partial charge in [-0.1, -0.05) is 18.5 Å². The fourth-order valence-corrected chi connectivity index (χ4v) is 3.72. The molecule has 0 bridgehead atoms. The van der Waals surface area contributed by atoms with Crippen LogP contribution in [0.3, 0.4) is 0 Å². The van der Waals surface area contributed by atoms with Gasteiger partial charge in [0.25, 0.3) is 0 Å². The molecule has 7 nitrogen and oxygen atoms in total. The molecule has 1 saturated carbocycles. The Bertz CT molecular complexity index is 687. The lowest BCUT2D eigenvalue weighted by atomic mass is 9.85. The first-order valence-electron chi connectivity index (χ1n) is 8.96. The van der Waals surface area contributed by atoms with E-state index in [-0.39, 0.29) is 0 Å². The van der Waals surface area contributed by atoms with Crippen molar-refractivity contribution in [2.75, 3.05) is 38.0 Å². The van der Waals surface area contributed by atoms with Crippen LogP contribution in [0.15, 0.2) is 24.8 Å². The van der Waals surface area contributed by atoms with Gasteiger partial charge in [-0.05, 0) is 19.4 Å². The molecule has 1 saturated heterocycles. The zero-order valence-corrected chi connectivity index (χ0v) is 15.2. The number of piperazine rings is 1. The van der Waals surface area contributed by atoms with E-state index in [0.29, 0.717) is 23.1 Å². The van der Waals surface area contributed by atoms with Gasteiger partial charge in [-0.25, -0.2) is 9.97 Å². The Balaban J connectivity index is 1.28. The molecule has 0 aromatic carbocycles. The van der Waals surface area contributed by atoms with Crippen LogP contribution < -0.4 is 5.32 Å². The molecule has 0 unspecified atom stereocenters. The summed E-state index contributed by atoms with van der Waals surface area (Å²) in [4.78, 5) is 13.5. The smallest absolute Gasteiger partial charge is 0.227 e. The largest absolute Gasteiger partial charge is 0.321 e. The van der Waals surface area contributed by atoms with Crippen LogP contribution in [0.25, 0.3) is 0 Å². The van der Waals surface area contributed by atoms with Gasteiger partial charge in [0.05, 0.1) is 35.3 Å². The minimum Gasteiger partial charge on any atom is -0.321 e. The average molecular weight is 362 g/mol. The summed E-state index contributed by atoms with van der Waals surface area (Å²) in [5.41, 5.74) is 0.905. The lowest BCUT2D eigenvalue weighted by Crippen LogP contribution is -2.54. The molecule has 3 heterocycles. The van der Waals surface area contributed by atoms with Gasteiger partial charge in [0.1, 0.15) is 0 Å². The highest BCUT2D eigenvalue weighted by Crippen LogP contribution is 2.36. The van der Waals surface area contributed by atoms with E-state index in [4.69, 9.17) is 11.6 Å². The maximum atomic E-state index is 5.80. The van der Waals surface area contributed by atoms with Crippen molar-refractivity contribution in [2.45, 2.75) is 31.8 Å². The highest BCUT2D eigenvalue weighted by Gasteiger charge is 2.36. The molecule has 25 heavy (non-hydrogen) atoms. The summed E-state index contributed by atoms with van der Waals surface area (Å²) in [5.74, 6) is 0.532. The Morgan fingerprint density at radius 1 is 1.08 bits per heavy atom. The van der Waals surface area contributed by atoms with Crippen LogP contribution in [0.2, 0.25) is 5.02 Å². The second-order valence-electron chi connectivity index (χ2n) is 6.81. The summed E-state index contributed by atoms with van der Waals surface area (Å²) in [7, 11) is 0. The number of rotatable bonds is 5. The van der Waals surface area contributed by atoms with E-state index < -0.39 is 0 Å². The molecule has 2 aromatic rings. The van der Waals surface area contributed by atoms with Crippen LogP contribution >= 0.6 is 11.6 Å². The van der Waals surface area contributed by atoms with Gasteiger partial charge in [0.15, 0.2) is 0 Å². The van der Waals surface area contributed by atoms with Crippen molar-refractivity contribution >= 4 is 23.2 Å². The van der Waals surface area contributed by atoms with Gasteiger partial charge in [-0.2, -0.15) is 5.10 Å². The number of anilines is 2. The fourth-order valence-electron chi connectivity index (χ4n) is 3.63. The number of likely N-dealkylation sites (N-methyl/N-ethyl adjacent to an activating group) is 1. The van der Waals surface area contributed by atoms with E-state index >= 15 is 0 Å². The van der Waals surface area contributed by atoms with E-state index in [1.165, 1.54) is 45.6 Å². The Morgan fingerprint density at radius 2 is 1.80 bits per heavy atom. The lowest BCUT2D eigenvalue weighted by Gasteiger charge is -2.46. The minimum absolute atomic E-state index is 0.496. The summed E-state index contributed by atoms with van der Waals surface area (Å²) < 4.78 is 2.07. The molecule has 0 atom stereocenters. The lowest BCUT2D eigenvalue weighted by molar-refractivity contribution is 0.0351. The summed E-state index contributed by atoms with van der Waals surface area (Å²) in [6.45, 7) is 8.22. The molecule has 1 aliphatic heterocycles. The van der Waals surface area contributed by atoms with Crippen molar-refractivity contribution in [2.24, 2.45) is 0 Å². The molecule has 8 heteroatoms. The second-order valence-corrected chi connectivity index (χ2v) is 7.24. The molecule has 0 radical (unpaired) electrons. The van der Waals surface area contributed by atoms with E-state index in [9.17, 15) is 0 Å². The van der Waals surface area contributed by atoms with E-state index in [2.05, 4.69) is 41.8 Å². The van der Waals surface area contributed by atoms with E-state index in [1.54, 1.807) is 12.4 Å². The molecule has 0 spiro atoms. The number of aromatic nitrogens is 4. The van der Waals surface area contributed by atoms with Crippen LogP contribution in [0.5, 0.6) is 0 Å². The van der Waals surface area contributed by atoms with Gasteiger partial charge >= 0.3 is 0 Å². The third-order valence-corrected chi connectivity index (χ3v) is 5.51. The highest BCUT2D eigenvalue weighted by atomic mass is 35.5. The zero-order valence-electron chi connectivity index (χ0n) is 14.5. The first-order chi connectivity index (χ1) is 12.2. The molecule has 134 valence electrons. The molecule has 4 rings (SSSR count). The maximum Gasteiger partial charge on any atom is 0.227 e. The summed E-state index contributed by atoms with van der Waals surface area (Å²) in [5, 5.41) is 8.19. The van der Waals surface area contributed by atoms with Gasteiger partial charge in [0, 0.05) is 38.4 Å². The van der Waals surface area contributed by atoms with Crippen LogP contribution in [0.4, 0.5) is 11.6 Å². The molecule has 0 amide bonds. The molecule has 2 fully saturated rings. The Morgan fingerprint density at radius 3 is 2.48 bits per heavy atom. The van der Waals surface area contributed by atoms with Crippen molar-refractivity contribution in [3.05, 3.63) is 29.8 Å². The molecular weight excluding hydrogens is 338 g/mol.